The highest BCUT2D eigenvalue weighted by Gasteiger charge is 2.13. The fourth-order valence-corrected chi connectivity index (χ4v) is 2.35. The molecule has 0 amide bonds. The van der Waals surface area contributed by atoms with E-state index < -0.39 is 0 Å². The molecule has 1 atom stereocenters. The number of nitro groups is 1. The second-order valence-corrected chi connectivity index (χ2v) is 5.47. The lowest BCUT2D eigenvalue weighted by Gasteiger charge is -2.14. The van der Waals surface area contributed by atoms with E-state index in [-0.39, 0.29) is 16.7 Å². The van der Waals surface area contributed by atoms with Gasteiger partial charge in [-0.05, 0) is 38.3 Å². The van der Waals surface area contributed by atoms with E-state index in [2.05, 4.69) is 17.2 Å². The highest BCUT2D eigenvalue weighted by Crippen LogP contribution is 2.19. The first-order chi connectivity index (χ1) is 10.6. The maximum Gasteiger partial charge on any atom is 0.272 e. The van der Waals surface area contributed by atoms with Crippen molar-refractivity contribution in [2.45, 2.75) is 39.3 Å². The van der Waals surface area contributed by atoms with Gasteiger partial charge in [0.2, 0.25) is 0 Å². The topological polar surface area (TPSA) is 68.1 Å². The van der Waals surface area contributed by atoms with Crippen LogP contribution in [0.2, 0.25) is 0 Å². The third-order valence-corrected chi connectivity index (χ3v) is 3.77. The monoisotopic (exact) mass is 299 g/mol. The maximum absolute atomic E-state index is 11.0. The average Bonchev–Trinajstić information content (AvgIpc) is 2.52. The minimum absolute atomic E-state index is 0.204. The van der Waals surface area contributed by atoms with E-state index in [4.69, 9.17) is 0 Å². The smallest absolute Gasteiger partial charge is 0.272 e. The molecular weight excluding hydrogens is 278 g/mol. The molecule has 0 bridgehead atoms. The summed E-state index contributed by atoms with van der Waals surface area (Å²) in [7, 11) is 0. The predicted octanol–water partition coefficient (Wildman–Crippen LogP) is 3.41. The molecule has 2 rings (SSSR count). The van der Waals surface area contributed by atoms with Crippen molar-refractivity contribution < 1.29 is 4.92 Å². The van der Waals surface area contributed by atoms with Gasteiger partial charge < -0.3 is 5.32 Å². The number of benzene rings is 1. The fourth-order valence-electron chi connectivity index (χ4n) is 2.35. The Labute approximate surface area is 130 Å². The second-order valence-electron chi connectivity index (χ2n) is 5.47. The zero-order chi connectivity index (χ0) is 15.9. The molecule has 0 radical (unpaired) electrons. The summed E-state index contributed by atoms with van der Waals surface area (Å²) in [5.74, 6) is 0. The summed E-state index contributed by atoms with van der Waals surface area (Å²) in [6.07, 6.45) is 3.32. The van der Waals surface area contributed by atoms with Crippen molar-refractivity contribution in [3.8, 4) is 0 Å². The minimum atomic E-state index is -0.315. The van der Waals surface area contributed by atoms with Crippen LogP contribution in [0.5, 0.6) is 0 Å². The van der Waals surface area contributed by atoms with Crippen molar-refractivity contribution in [1.29, 1.82) is 0 Å². The Hall–Kier alpha value is -2.27. The molecule has 0 aliphatic carbocycles. The molecular formula is C17H21N3O2. The largest absolute Gasteiger partial charge is 0.309 e. The van der Waals surface area contributed by atoms with E-state index in [9.17, 15) is 10.1 Å². The van der Waals surface area contributed by atoms with Gasteiger partial charge in [-0.25, -0.2) is 0 Å². The standard InChI is InChI=1S/C17H21N3O2/c1-13-6-5-11-18-16(13)12-19-14(2)9-10-15-7-3-4-8-17(15)20(21)22/h3-8,11,14,19H,9-10,12H2,1-2H3/t14-/m0/s1. The predicted molar refractivity (Wildman–Crippen MR) is 86.7 cm³/mol. The normalized spacial score (nSPS) is 12.1. The lowest BCUT2D eigenvalue weighted by Crippen LogP contribution is -2.26. The fraction of sp³-hybridized carbons (Fsp3) is 0.353. The van der Waals surface area contributed by atoms with E-state index in [1.807, 2.05) is 31.2 Å². The lowest BCUT2D eigenvalue weighted by atomic mass is 10.0. The molecule has 0 saturated heterocycles. The van der Waals surface area contributed by atoms with Crippen molar-refractivity contribution in [1.82, 2.24) is 10.3 Å². The summed E-state index contributed by atoms with van der Waals surface area (Å²) in [4.78, 5) is 15.0. The van der Waals surface area contributed by atoms with Crippen molar-refractivity contribution in [2.24, 2.45) is 0 Å². The molecule has 1 N–H and O–H groups in total. The molecule has 0 fully saturated rings. The Morgan fingerprint density at radius 1 is 1.27 bits per heavy atom. The Balaban J connectivity index is 1.87. The summed E-state index contributed by atoms with van der Waals surface area (Å²) in [5.41, 5.74) is 3.20. The Morgan fingerprint density at radius 2 is 2.05 bits per heavy atom. The molecule has 1 aromatic carbocycles. The van der Waals surface area contributed by atoms with Crippen LogP contribution in [0.25, 0.3) is 0 Å². The third-order valence-electron chi connectivity index (χ3n) is 3.77. The van der Waals surface area contributed by atoms with Gasteiger partial charge in [0.15, 0.2) is 0 Å². The number of nitrogens with one attached hydrogen (secondary N) is 1. The molecule has 0 aliphatic rings. The van der Waals surface area contributed by atoms with Crippen LogP contribution < -0.4 is 5.32 Å². The molecule has 5 nitrogen and oxygen atoms in total. The highest BCUT2D eigenvalue weighted by atomic mass is 16.6. The van der Waals surface area contributed by atoms with Crippen LogP contribution >= 0.6 is 0 Å². The van der Waals surface area contributed by atoms with Crippen LogP contribution in [-0.2, 0) is 13.0 Å². The first kappa shape index (κ1) is 16.1. The van der Waals surface area contributed by atoms with Crippen molar-refractivity contribution >= 4 is 5.69 Å². The molecule has 1 heterocycles. The number of nitrogens with zero attached hydrogens (tertiary/aromatic N) is 2. The molecule has 5 heteroatoms. The van der Waals surface area contributed by atoms with E-state index in [0.717, 1.165) is 17.7 Å². The zero-order valence-electron chi connectivity index (χ0n) is 13.0. The van der Waals surface area contributed by atoms with E-state index in [0.29, 0.717) is 13.0 Å². The number of hydrogen-bond acceptors (Lipinski definition) is 4. The SMILES string of the molecule is Cc1cccnc1CN[C@@H](C)CCc1ccccc1[N+](=O)[O-]. The van der Waals surface area contributed by atoms with Gasteiger partial charge in [0.1, 0.15) is 0 Å². The molecule has 1 aromatic heterocycles. The van der Waals surface area contributed by atoms with Crippen molar-refractivity contribution in [2.75, 3.05) is 0 Å². The maximum atomic E-state index is 11.0. The molecule has 22 heavy (non-hydrogen) atoms. The van der Waals surface area contributed by atoms with E-state index in [1.165, 1.54) is 5.56 Å². The Bertz CT molecular complexity index is 643. The van der Waals surface area contributed by atoms with Gasteiger partial charge >= 0.3 is 0 Å². The van der Waals surface area contributed by atoms with Gasteiger partial charge in [-0.3, -0.25) is 15.1 Å². The number of para-hydroxylation sites is 1. The van der Waals surface area contributed by atoms with Crippen molar-refractivity contribution in [3.63, 3.8) is 0 Å². The number of nitro benzene ring substituents is 1. The summed E-state index contributed by atoms with van der Waals surface area (Å²) >= 11 is 0. The molecule has 0 aliphatic heterocycles. The molecule has 0 saturated carbocycles. The molecule has 0 unspecified atom stereocenters. The molecule has 0 spiro atoms. The van der Waals surface area contributed by atoms with Crippen LogP contribution in [-0.4, -0.2) is 15.9 Å². The second kappa shape index (κ2) is 7.66. The molecule has 2 aromatic rings. The van der Waals surface area contributed by atoms with Gasteiger partial charge in [0.05, 0.1) is 10.6 Å². The van der Waals surface area contributed by atoms with Crippen LogP contribution in [0, 0.1) is 17.0 Å². The van der Waals surface area contributed by atoms with Crippen LogP contribution in [0.3, 0.4) is 0 Å². The van der Waals surface area contributed by atoms with Gasteiger partial charge in [-0.2, -0.15) is 0 Å². The number of hydrogen-bond donors (Lipinski definition) is 1. The number of pyridine rings is 1. The zero-order valence-corrected chi connectivity index (χ0v) is 13.0. The first-order valence-electron chi connectivity index (χ1n) is 7.44. The van der Waals surface area contributed by atoms with E-state index >= 15 is 0 Å². The average molecular weight is 299 g/mol. The number of aromatic nitrogens is 1. The van der Waals surface area contributed by atoms with Crippen LogP contribution in [0.1, 0.15) is 30.2 Å². The van der Waals surface area contributed by atoms with Gasteiger partial charge in [-0.15, -0.1) is 0 Å². The minimum Gasteiger partial charge on any atom is -0.309 e. The molecule has 116 valence electrons. The quantitative estimate of drug-likeness (QED) is 0.628. The summed E-state index contributed by atoms with van der Waals surface area (Å²) in [5, 5.41) is 14.4. The summed E-state index contributed by atoms with van der Waals surface area (Å²) in [6, 6.07) is 11.2. The highest BCUT2D eigenvalue weighted by molar-refractivity contribution is 5.39. The van der Waals surface area contributed by atoms with Gasteiger partial charge in [0, 0.05) is 30.4 Å². The Morgan fingerprint density at radius 3 is 2.77 bits per heavy atom. The summed E-state index contributed by atoms with van der Waals surface area (Å²) < 4.78 is 0. The third kappa shape index (κ3) is 4.36. The van der Waals surface area contributed by atoms with Gasteiger partial charge in [-0.1, -0.05) is 24.3 Å². The Kier molecular flexibility index (Phi) is 5.61. The van der Waals surface area contributed by atoms with Gasteiger partial charge in [0.25, 0.3) is 5.69 Å². The number of aryl methyl sites for hydroxylation is 2. The summed E-state index contributed by atoms with van der Waals surface area (Å²) in [6.45, 7) is 4.85. The van der Waals surface area contributed by atoms with Crippen LogP contribution in [0.4, 0.5) is 5.69 Å². The number of rotatable bonds is 7. The lowest BCUT2D eigenvalue weighted by molar-refractivity contribution is -0.385. The van der Waals surface area contributed by atoms with E-state index in [1.54, 1.807) is 18.3 Å². The first-order valence-corrected chi connectivity index (χ1v) is 7.44. The van der Waals surface area contributed by atoms with Crippen LogP contribution in [0.15, 0.2) is 42.6 Å². The van der Waals surface area contributed by atoms with Crippen molar-refractivity contribution in [3.05, 3.63) is 69.5 Å².